The van der Waals surface area contributed by atoms with Gasteiger partial charge in [-0.25, -0.2) is 9.18 Å². The number of likely N-dealkylation sites (N-methyl/N-ethyl adjacent to an activating group) is 1. The van der Waals surface area contributed by atoms with E-state index in [0.717, 1.165) is 0 Å². The van der Waals surface area contributed by atoms with E-state index in [-0.39, 0.29) is 18.0 Å². The van der Waals surface area contributed by atoms with Crippen LogP contribution in [-0.4, -0.2) is 24.6 Å². The summed E-state index contributed by atoms with van der Waals surface area (Å²) in [7, 11) is 1.65. The van der Waals surface area contributed by atoms with Crippen molar-refractivity contribution in [2.24, 2.45) is 0 Å². The molecule has 2 rings (SSSR count). The first-order chi connectivity index (χ1) is 6.66. The van der Waals surface area contributed by atoms with E-state index >= 15 is 0 Å². The molecule has 1 amide bonds. The molecule has 1 aliphatic rings. The van der Waals surface area contributed by atoms with E-state index in [1.807, 2.05) is 0 Å². The highest BCUT2D eigenvalue weighted by Gasteiger charge is 2.29. The van der Waals surface area contributed by atoms with Gasteiger partial charge in [0.05, 0.1) is 6.54 Å². The minimum absolute atomic E-state index is 0.312. The molecule has 0 bridgehead atoms. The second-order valence-corrected chi connectivity index (χ2v) is 3.31. The summed E-state index contributed by atoms with van der Waals surface area (Å²) in [5, 5.41) is 0. The van der Waals surface area contributed by atoms with Gasteiger partial charge in [0.1, 0.15) is 11.9 Å². The number of cyclic esters (lactones) is 1. The number of hydrogen-bond donors (Lipinski definition) is 0. The fourth-order valence-corrected chi connectivity index (χ4v) is 1.45. The van der Waals surface area contributed by atoms with Gasteiger partial charge in [-0.3, -0.25) is 0 Å². The Hall–Kier alpha value is -1.58. The van der Waals surface area contributed by atoms with Crippen molar-refractivity contribution >= 4 is 6.09 Å². The summed E-state index contributed by atoms with van der Waals surface area (Å²) in [6.07, 6.45) is -0.706. The van der Waals surface area contributed by atoms with Crippen LogP contribution in [0.5, 0.6) is 0 Å². The second-order valence-electron chi connectivity index (χ2n) is 3.31. The molecular weight excluding hydrogens is 185 g/mol. The van der Waals surface area contributed by atoms with Crippen LogP contribution in [0.15, 0.2) is 24.3 Å². The lowest BCUT2D eigenvalue weighted by Gasteiger charge is -2.07. The summed E-state index contributed by atoms with van der Waals surface area (Å²) in [6.45, 7) is 0.474. The van der Waals surface area contributed by atoms with Crippen LogP contribution in [0.3, 0.4) is 0 Å². The van der Waals surface area contributed by atoms with Gasteiger partial charge in [0.2, 0.25) is 0 Å². The van der Waals surface area contributed by atoms with Crippen molar-refractivity contribution in [2.75, 3.05) is 13.6 Å². The molecule has 1 saturated heterocycles. The topological polar surface area (TPSA) is 29.5 Å². The maximum atomic E-state index is 12.9. The zero-order chi connectivity index (χ0) is 10.1. The first kappa shape index (κ1) is 8.99. The predicted molar refractivity (Wildman–Crippen MR) is 48.3 cm³/mol. The van der Waals surface area contributed by atoms with Gasteiger partial charge in [-0.1, -0.05) is 12.1 Å². The van der Waals surface area contributed by atoms with E-state index in [1.54, 1.807) is 19.2 Å². The van der Waals surface area contributed by atoms with Gasteiger partial charge >= 0.3 is 6.09 Å². The molecule has 14 heavy (non-hydrogen) atoms. The van der Waals surface area contributed by atoms with E-state index in [2.05, 4.69) is 0 Å². The summed E-state index contributed by atoms with van der Waals surface area (Å²) in [6, 6.07) is 6.11. The monoisotopic (exact) mass is 195 g/mol. The van der Waals surface area contributed by atoms with Crippen LogP contribution in [0, 0.1) is 5.82 Å². The average Bonchev–Trinajstić information content (AvgIpc) is 2.47. The summed E-state index contributed by atoms with van der Waals surface area (Å²) in [4.78, 5) is 12.5. The van der Waals surface area contributed by atoms with Gasteiger partial charge in [-0.2, -0.15) is 0 Å². The molecule has 1 atom stereocenters. The average molecular weight is 195 g/mol. The number of carbonyl (C=O) groups excluding carboxylic acids is 1. The van der Waals surface area contributed by atoms with Crippen LogP contribution in [0.4, 0.5) is 9.18 Å². The Morgan fingerprint density at radius 3 is 2.93 bits per heavy atom. The van der Waals surface area contributed by atoms with Crippen LogP contribution < -0.4 is 0 Å². The van der Waals surface area contributed by atoms with Crippen molar-refractivity contribution in [3.05, 3.63) is 35.6 Å². The van der Waals surface area contributed by atoms with E-state index in [9.17, 15) is 9.18 Å². The molecule has 0 aromatic heterocycles. The number of amides is 1. The molecule has 0 spiro atoms. The number of benzene rings is 1. The Bertz CT molecular complexity index is 367. The molecular formula is C10H10FNO2. The lowest BCUT2D eigenvalue weighted by molar-refractivity contribution is 0.134. The predicted octanol–water partition coefficient (Wildman–Crippen LogP) is 1.95. The molecule has 1 aromatic carbocycles. The van der Waals surface area contributed by atoms with Crippen molar-refractivity contribution in [2.45, 2.75) is 6.10 Å². The Morgan fingerprint density at radius 1 is 1.57 bits per heavy atom. The fraction of sp³-hybridized carbons (Fsp3) is 0.300. The third-order valence-corrected chi connectivity index (χ3v) is 2.21. The van der Waals surface area contributed by atoms with Crippen LogP contribution in [0.2, 0.25) is 0 Å². The third-order valence-electron chi connectivity index (χ3n) is 2.21. The number of ether oxygens (including phenoxy) is 1. The summed E-state index contributed by atoms with van der Waals surface area (Å²) in [5.41, 5.74) is 0.697. The Balaban J connectivity index is 2.21. The highest BCUT2D eigenvalue weighted by molar-refractivity contribution is 5.69. The maximum Gasteiger partial charge on any atom is 0.410 e. The molecule has 74 valence electrons. The van der Waals surface area contributed by atoms with Gasteiger partial charge < -0.3 is 9.64 Å². The molecule has 1 unspecified atom stereocenters. The van der Waals surface area contributed by atoms with Gasteiger partial charge in [0, 0.05) is 7.05 Å². The molecule has 4 heteroatoms. The van der Waals surface area contributed by atoms with Gasteiger partial charge in [0.15, 0.2) is 0 Å². The zero-order valence-electron chi connectivity index (χ0n) is 7.74. The first-order valence-electron chi connectivity index (χ1n) is 4.34. The van der Waals surface area contributed by atoms with Crippen LogP contribution in [0.1, 0.15) is 11.7 Å². The Morgan fingerprint density at radius 2 is 2.36 bits per heavy atom. The largest absolute Gasteiger partial charge is 0.439 e. The molecule has 0 saturated carbocycles. The maximum absolute atomic E-state index is 12.9. The van der Waals surface area contributed by atoms with E-state index in [1.165, 1.54) is 17.0 Å². The molecule has 0 radical (unpaired) electrons. The number of nitrogens with zero attached hydrogens (tertiary/aromatic N) is 1. The van der Waals surface area contributed by atoms with Gasteiger partial charge in [-0.15, -0.1) is 0 Å². The van der Waals surface area contributed by atoms with Gasteiger partial charge in [-0.05, 0) is 17.7 Å². The van der Waals surface area contributed by atoms with Crippen LogP contribution in [-0.2, 0) is 4.74 Å². The van der Waals surface area contributed by atoms with E-state index in [0.29, 0.717) is 12.1 Å². The Kier molecular flexibility index (Phi) is 2.11. The summed E-state index contributed by atoms with van der Waals surface area (Å²) < 4.78 is 17.9. The molecule has 1 aliphatic heterocycles. The molecule has 0 N–H and O–H groups in total. The summed E-state index contributed by atoms with van der Waals surface area (Å²) >= 11 is 0. The van der Waals surface area contributed by atoms with Crippen LogP contribution >= 0.6 is 0 Å². The number of hydrogen-bond acceptors (Lipinski definition) is 2. The molecule has 0 aliphatic carbocycles. The van der Waals surface area contributed by atoms with Crippen molar-refractivity contribution in [1.29, 1.82) is 0 Å². The quantitative estimate of drug-likeness (QED) is 0.685. The SMILES string of the molecule is CN1CC(c2cccc(F)c2)OC1=O. The van der Waals surface area contributed by atoms with Crippen LogP contribution in [0.25, 0.3) is 0 Å². The minimum Gasteiger partial charge on any atom is -0.439 e. The minimum atomic E-state index is -0.362. The molecule has 1 heterocycles. The van der Waals surface area contributed by atoms with Crippen molar-refractivity contribution in [3.63, 3.8) is 0 Å². The molecule has 1 fully saturated rings. The fourth-order valence-electron chi connectivity index (χ4n) is 1.45. The lowest BCUT2D eigenvalue weighted by Crippen LogP contribution is -2.17. The number of carbonyl (C=O) groups is 1. The van der Waals surface area contributed by atoms with Crippen molar-refractivity contribution in [1.82, 2.24) is 4.90 Å². The van der Waals surface area contributed by atoms with Crippen molar-refractivity contribution < 1.29 is 13.9 Å². The third kappa shape index (κ3) is 1.55. The van der Waals surface area contributed by atoms with Crippen molar-refractivity contribution in [3.8, 4) is 0 Å². The Labute approximate surface area is 81.1 Å². The highest BCUT2D eigenvalue weighted by atomic mass is 19.1. The zero-order valence-corrected chi connectivity index (χ0v) is 7.74. The highest BCUT2D eigenvalue weighted by Crippen LogP contribution is 2.25. The number of rotatable bonds is 1. The summed E-state index contributed by atoms with van der Waals surface area (Å²) in [5.74, 6) is -0.312. The molecule has 3 nitrogen and oxygen atoms in total. The lowest BCUT2D eigenvalue weighted by atomic mass is 10.1. The second kappa shape index (κ2) is 3.29. The van der Waals surface area contributed by atoms with E-state index in [4.69, 9.17) is 4.74 Å². The van der Waals surface area contributed by atoms with E-state index < -0.39 is 0 Å². The molecule has 1 aromatic rings. The number of halogens is 1. The standard InChI is InChI=1S/C10H10FNO2/c1-12-6-9(14-10(12)13)7-3-2-4-8(11)5-7/h2-5,9H,6H2,1H3. The normalized spacial score (nSPS) is 21.1. The smallest absolute Gasteiger partial charge is 0.410 e. The van der Waals surface area contributed by atoms with Gasteiger partial charge in [0.25, 0.3) is 0 Å². The first-order valence-corrected chi connectivity index (χ1v) is 4.34.